The molecule has 4 aromatic rings. The van der Waals surface area contributed by atoms with Crippen molar-refractivity contribution in [3.63, 3.8) is 0 Å². The molecule has 174 valence electrons. The van der Waals surface area contributed by atoms with Crippen molar-refractivity contribution in [2.45, 2.75) is 19.3 Å². The average Bonchev–Trinajstić information content (AvgIpc) is 2.86. The van der Waals surface area contributed by atoms with Gasteiger partial charge in [-0.2, -0.15) is 0 Å². The van der Waals surface area contributed by atoms with Crippen LogP contribution in [0.2, 0.25) is 0 Å². The maximum atomic E-state index is 12.9. The van der Waals surface area contributed by atoms with Crippen LogP contribution in [0.4, 0.5) is 0 Å². The lowest BCUT2D eigenvalue weighted by atomic mass is 10.0. The summed E-state index contributed by atoms with van der Waals surface area (Å²) in [4.78, 5) is 15.3. The van der Waals surface area contributed by atoms with E-state index in [0.29, 0.717) is 28.9 Å². The number of benzene rings is 3. The molecule has 6 heteroatoms. The number of phenolic OH excluding ortho intramolecular Hbond substituents is 1. The molecule has 5 rings (SSSR count). The first-order valence-corrected chi connectivity index (χ1v) is 11.7. The maximum absolute atomic E-state index is 12.9. The topological polar surface area (TPSA) is 72.1 Å². The molecule has 0 unspecified atom stereocenters. The highest BCUT2D eigenvalue weighted by Crippen LogP contribution is 2.38. The van der Waals surface area contributed by atoms with Gasteiger partial charge >= 0.3 is 5.63 Å². The van der Waals surface area contributed by atoms with E-state index in [4.69, 9.17) is 13.9 Å². The monoisotopic (exact) mass is 457 g/mol. The standard InChI is InChI=1S/C28H27NO5/c30-21-11-14-24-25(19-21)34-28(31)27(33-23-7-3-1-4-8-23)26(24)20-9-12-22(13-10-20)32-18-17-29-15-5-2-6-16-29/h1,3-4,7-14,19,30H,2,5-6,15-18H2. The Bertz CT molecular complexity index is 1310. The predicted molar refractivity (Wildman–Crippen MR) is 132 cm³/mol. The third-order valence-corrected chi connectivity index (χ3v) is 6.08. The lowest BCUT2D eigenvalue weighted by Crippen LogP contribution is -2.33. The van der Waals surface area contributed by atoms with Crippen LogP contribution >= 0.6 is 0 Å². The molecule has 1 aromatic heterocycles. The number of piperidine rings is 1. The molecule has 1 fully saturated rings. The van der Waals surface area contributed by atoms with Gasteiger partial charge in [-0.15, -0.1) is 0 Å². The minimum absolute atomic E-state index is 0.0239. The van der Waals surface area contributed by atoms with Crippen LogP contribution in [-0.4, -0.2) is 36.2 Å². The molecule has 1 aliphatic rings. The summed E-state index contributed by atoms with van der Waals surface area (Å²) < 4.78 is 17.4. The van der Waals surface area contributed by atoms with Crippen molar-refractivity contribution in [3.05, 3.63) is 83.2 Å². The van der Waals surface area contributed by atoms with Crippen LogP contribution in [-0.2, 0) is 0 Å². The fraction of sp³-hybridized carbons (Fsp3) is 0.250. The molecule has 0 aliphatic carbocycles. The highest BCUT2D eigenvalue weighted by Gasteiger charge is 2.19. The van der Waals surface area contributed by atoms with Crippen molar-refractivity contribution in [1.82, 2.24) is 4.90 Å². The van der Waals surface area contributed by atoms with Gasteiger partial charge < -0.3 is 19.0 Å². The number of ether oxygens (including phenoxy) is 2. The first-order valence-electron chi connectivity index (χ1n) is 11.7. The van der Waals surface area contributed by atoms with Crippen LogP contribution in [0.3, 0.4) is 0 Å². The Morgan fingerprint density at radius 3 is 2.41 bits per heavy atom. The van der Waals surface area contributed by atoms with Gasteiger partial charge in [-0.1, -0.05) is 36.8 Å². The van der Waals surface area contributed by atoms with E-state index in [2.05, 4.69) is 4.90 Å². The van der Waals surface area contributed by atoms with E-state index >= 15 is 0 Å². The molecular formula is C28H27NO5. The van der Waals surface area contributed by atoms with Gasteiger partial charge in [0.25, 0.3) is 0 Å². The smallest absolute Gasteiger partial charge is 0.380 e. The van der Waals surface area contributed by atoms with Gasteiger partial charge in [-0.3, -0.25) is 4.90 Å². The van der Waals surface area contributed by atoms with E-state index < -0.39 is 5.63 Å². The summed E-state index contributed by atoms with van der Waals surface area (Å²) in [5.74, 6) is 1.43. The number of hydrogen-bond donors (Lipinski definition) is 1. The third kappa shape index (κ3) is 4.92. The molecule has 0 atom stereocenters. The molecule has 0 bridgehead atoms. The number of phenols is 1. The second-order valence-electron chi connectivity index (χ2n) is 8.46. The second kappa shape index (κ2) is 10.0. The zero-order valence-corrected chi connectivity index (χ0v) is 18.9. The van der Waals surface area contributed by atoms with E-state index in [9.17, 15) is 9.90 Å². The van der Waals surface area contributed by atoms with Crippen LogP contribution in [0.25, 0.3) is 22.1 Å². The summed E-state index contributed by atoms with van der Waals surface area (Å²) in [6, 6.07) is 21.5. The van der Waals surface area contributed by atoms with Crippen LogP contribution < -0.4 is 15.1 Å². The van der Waals surface area contributed by atoms with Crippen molar-refractivity contribution in [2.75, 3.05) is 26.2 Å². The number of nitrogens with zero attached hydrogens (tertiary/aromatic N) is 1. The molecule has 34 heavy (non-hydrogen) atoms. The minimum Gasteiger partial charge on any atom is -0.508 e. The fourth-order valence-corrected chi connectivity index (χ4v) is 4.35. The molecule has 1 aliphatic heterocycles. The number of aromatic hydroxyl groups is 1. The van der Waals surface area contributed by atoms with E-state index in [1.54, 1.807) is 24.3 Å². The predicted octanol–water partition coefficient (Wildman–Crippen LogP) is 5.82. The first kappa shape index (κ1) is 22.0. The Balaban J connectivity index is 1.45. The van der Waals surface area contributed by atoms with Crippen molar-refractivity contribution >= 4 is 11.0 Å². The summed E-state index contributed by atoms with van der Waals surface area (Å²) in [6.45, 7) is 3.85. The van der Waals surface area contributed by atoms with Crippen LogP contribution in [0.1, 0.15) is 19.3 Å². The molecule has 0 amide bonds. The molecule has 2 heterocycles. The van der Waals surface area contributed by atoms with Crippen LogP contribution in [0.5, 0.6) is 23.0 Å². The average molecular weight is 458 g/mol. The van der Waals surface area contributed by atoms with Gasteiger partial charge in [0, 0.05) is 23.6 Å². The molecular weight excluding hydrogens is 430 g/mol. The molecule has 6 nitrogen and oxygen atoms in total. The normalized spacial score (nSPS) is 14.2. The van der Waals surface area contributed by atoms with Gasteiger partial charge in [0.05, 0.1) is 0 Å². The number of likely N-dealkylation sites (tertiary alicyclic amines) is 1. The lowest BCUT2D eigenvalue weighted by molar-refractivity contribution is 0.183. The Kier molecular flexibility index (Phi) is 6.49. The number of rotatable bonds is 7. The Morgan fingerprint density at radius 1 is 0.882 bits per heavy atom. The first-order chi connectivity index (χ1) is 16.7. The maximum Gasteiger partial charge on any atom is 0.380 e. The summed E-state index contributed by atoms with van der Waals surface area (Å²) in [6.07, 6.45) is 3.85. The van der Waals surface area contributed by atoms with E-state index in [1.807, 2.05) is 42.5 Å². The zero-order valence-electron chi connectivity index (χ0n) is 18.9. The van der Waals surface area contributed by atoms with Crippen molar-refractivity contribution in [1.29, 1.82) is 0 Å². The van der Waals surface area contributed by atoms with Gasteiger partial charge in [-0.25, -0.2) is 4.79 Å². The summed E-state index contributed by atoms with van der Waals surface area (Å²) in [5, 5.41) is 10.6. The molecule has 3 aromatic carbocycles. The Morgan fingerprint density at radius 2 is 1.65 bits per heavy atom. The van der Waals surface area contributed by atoms with E-state index in [-0.39, 0.29) is 11.5 Å². The van der Waals surface area contributed by atoms with Gasteiger partial charge in [0.2, 0.25) is 5.75 Å². The molecule has 1 N–H and O–H groups in total. The quantitative estimate of drug-likeness (QED) is 0.353. The molecule has 0 saturated carbocycles. The van der Waals surface area contributed by atoms with Gasteiger partial charge in [0.15, 0.2) is 0 Å². The van der Waals surface area contributed by atoms with Gasteiger partial charge in [0.1, 0.15) is 29.4 Å². The fourth-order valence-electron chi connectivity index (χ4n) is 4.35. The summed E-state index contributed by atoms with van der Waals surface area (Å²) in [5.41, 5.74) is 1.08. The molecule has 0 spiro atoms. The molecule has 1 saturated heterocycles. The minimum atomic E-state index is -0.612. The summed E-state index contributed by atoms with van der Waals surface area (Å²) >= 11 is 0. The number of para-hydroxylation sites is 1. The number of fused-ring (bicyclic) bond motifs is 1. The highest BCUT2D eigenvalue weighted by molar-refractivity contribution is 5.97. The zero-order chi connectivity index (χ0) is 23.3. The van der Waals surface area contributed by atoms with Crippen LogP contribution in [0, 0.1) is 0 Å². The van der Waals surface area contributed by atoms with E-state index in [1.165, 1.54) is 25.3 Å². The second-order valence-corrected chi connectivity index (χ2v) is 8.46. The summed E-state index contributed by atoms with van der Waals surface area (Å²) in [7, 11) is 0. The van der Waals surface area contributed by atoms with Gasteiger partial charge in [-0.05, 0) is 67.9 Å². The van der Waals surface area contributed by atoms with Crippen molar-refractivity contribution in [3.8, 4) is 34.1 Å². The van der Waals surface area contributed by atoms with Crippen molar-refractivity contribution in [2.24, 2.45) is 0 Å². The largest absolute Gasteiger partial charge is 0.508 e. The Labute approximate surface area is 198 Å². The number of hydrogen-bond acceptors (Lipinski definition) is 6. The molecule has 0 radical (unpaired) electrons. The lowest BCUT2D eigenvalue weighted by Gasteiger charge is -2.26. The highest BCUT2D eigenvalue weighted by atomic mass is 16.5. The third-order valence-electron chi connectivity index (χ3n) is 6.08. The Hall–Kier alpha value is -3.77. The SMILES string of the molecule is O=c1oc2cc(O)ccc2c(-c2ccc(OCCN3CCCCC3)cc2)c1Oc1ccccc1. The van der Waals surface area contributed by atoms with E-state index in [0.717, 1.165) is 30.9 Å². The van der Waals surface area contributed by atoms with Crippen LogP contribution in [0.15, 0.2) is 82.0 Å². The van der Waals surface area contributed by atoms with Crippen molar-refractivity contribution < 1.29 is 19.0 Å².